The van der Waals surface area contributed by atoms with Crippen LogP contribution in [-0.4, -0.2) is 50.7 Å². The van der Waals surface area contributed by atoms with Crippen LogP contribution in [0.4, 0.5) is 0 Å². The number of fused-ring (bicyclic) bond motifs is 2. The molecule has 1 aliphatic heterocycles. The van der Waals surface area contributed by atoms with Crippen LogP contribution in [0.15, 0.2) is 42.9 Å². The molecule has 5 rings (SSSR count). The molecule has 1 aliphatic carbocycles. The number of hydrogen-bond acceptors (Lipinski definition) is 5. The molecule has 2 aliphatic rings. The Labute approximate surface area is 159 Å². The molecule has 0 bridgehead atoms. The molecule has 2 aromatic heterocycles. The molecule has 6 heteroatoms. The molecule has 1 saturated heterocycles. The normalized spacial score (nSPS) is 28.4. The van der Waals surface area contributed by atoms with Crippen LogP contribution in [-0.2, 0) is 0 Å². The molecule has 3 aromatic rings. The van der Waals surface area contributed by atoms with Crippen LogP contribution >= 0.6 is 0 Å². The highest BCUT2D eigenvalue weighted by atomic mass is 16.5. The summed E-state index contributed by atoms with van der Waals surface area (Å²) in [7, 11) is 2.23. The Morgan fingerprint density at radius 1 is 1.07 bits per heavy atom. The van der Waals surface area contributed by atoms with E-state index in [1.54, 1.807) is 18.6 Å². The molecule has 1 saturated carbocycles. The first kappa shape index (κ1) is 16.7. The van der Waals surface area contributed by atoms with Crippen molar-refractivity contribution < 1.29 is 4.74 Å². The lowest BCUT2D eigenvalue weighted by molar-refractivity contribution is 0.0519. The number of hydrogen-bond donors (Lipinski definition) is 0. The van der Waals surface area contributed by atoms with Gasteiger partial charge in [0.25, 0.3) is 0 Å². The molecule has 0 N–H and O–H groups in total. The highest BCUT2D eigenvalue weighted by molar-refractivity contribution is 5.76. The summed E-state index contributed by atoms with van der Waals surface area (Å²) in [5.41, 5.74) is 2.25. The van der Waals surface area contributed by atoms with Crippen LogP contribution in [0.25, 0.3) is 11.0 Å². The number of ether oxygens (including phenoxy) is 1. The van der Waals surface area contributed by atoms with Crippen LogP contribution in [0.2, 0.25) is 0 Å². The minimum atomic E-state index is 0.0748. The second kappa shape index (κ2) is 6.60. The number of nitrogens with zero attached hydrogens (tertiary/aromatic N) is 5. The predicted octanol–water partition coefficient (Wildman–Crippen LogP) is 3.10. The van der Waals surface area contributed by atoms with Crippen molar-refractivity contribution in [1.82, 2.24) is 24.4 Å². The maximum atomic E-state index is 6.40. The fraction of sp³-hybridized carbons (Fsp3) is 0.476. The highest BCUT2D eigenvalue weighted by Crippen LogP contribution is 2.43. The summed E-state index contributed by atoms with van der Waals surface area (Å²) in [5, 5.41) is 0. The molecular formula is C21H25N5O. The van der Waals surface area contributed by atoms with Gasteiger partial charge in [-0.3, -0.25) is 4.98 Å². The van der Waals surface area contributed by atoms with Gasteiger partial charge >= 0.3 is 0 Å². The second-order valence-corrected chi connectivity index (χ2v) is 8.00. The third kappa shape index (κ3) is 2.98. The number of aryl methyl sites for hydroxylation is 1. The topological polar surface area (TPSA) is 56.1 Å². The van der Waals surface area contributed by atoms with Crippen LogP contribution in [0, 0.1) is 18.8 Å². The van der Waals surface area contributed by atoms with E-state index < -0.39 is 0 Å². The summed E-state index contributed by atoms with van der Waals surface area (Å²) >= 11 is 0. The van der Waals surface area contributed by atoms with Gasteiger partial charge in [0.2, 0.25) is 5.88 Å². The average Bonchev–Trinajstić information content (AvgIpc) is 3.19. The van der Waals surface area contributed by atoms with Crippen molar-refractivity contribution in [3.05, 3.63) is 48.7 Å². The van der Waals surface area contributed by atoms with Gasteiger partial charge in [-0.15, -0.1) is 0 Å². The molecule has 4 atom stereocenters. The zero-order valence-electron chi connectivity index (χ0n) is 15.8. The first-order valence-electron chi connectivity index (χ1n) is 9.74. The molecule has 0 radical (unpaired) electrons. The van der Waals surface area contributed by atoms with Gasteiger partial charge in [0, 0.05) is 25.5 Å². The smallest absolute Gasteiger partial charge is 0.232 e. The molecule has 2 fully saturated rings. The van der Waals surface area contributed by atoms with Gasteiger partial charge in [0.15, 0.2) is 0 Å². The lowest BCUT2D eigenvalue weighted by Gasteiger charge is -2.39. The first-order valence-corrected chi connectivity index (χ1v) is 9.74. The van der Waals surface area contributed by atoms with Crippen LogP contribution in [0.5, 0.6) is 5.88 Å². The summed E-state index contributed by atoms with van der Waals surface area (Å²) < 4.78 is 8.79. The van der Waals surface area contributed by atoms with E-state index in [9.17, 15) is 0 Å². The van der Waals surface area contributed by atoms with E-state index in [0.29, 0.717) is 17.7 Å². The van der Waals surface area contributed by atoms with Crippen molar-refractivity contribution >= 4 is 11.0 Å². The Hall–Kier alpha value is -2.47. The Morgan fingerprint density at radius 2 is 1.89 bits per heavy atom. The second-order valence-electron chi connectivity index (χ2n) is 8.00. The van der Waals surface area contributed by atoms with Gasteiger partial charge < -0.3 is 14.2 Å². The Bertz CT molecular complexity index is 940. The van der Waals surface area contributed by atoms with E-state index >= 15 is 0 Å². The molecule has 6 nitrogen and oxygen atoms in total. The standard InChI is InChI=1S/C21H25N5O/c1-14-24-17-5-3-4-6-18(17)26(14)19-9-15-12-25(2)13-16(15)10-20(19)27-21-11-22-7-8-23-21/h3-8,11,15-16,19-20H,9-10,12-13H2,1-2H3/t15-,16+,19-,20-/m0/s1. The molecular weight excluding hydrogens is 338 g/mol. The number of imidazole rings is 1. The van der Waals surface area contributed by atoms with E-state index in [2.05, 4.69) is 57.7 Å². The fourth-order valence-corrected chi connectivity index (χ4v) is 5.11. The summed E-state index contributed by atoms with van der Waals surface area (Å²) in [4.78, 5) is 15.8. The summed E-state index contributed by atoms with van der Waals surface area (Å²) in [6, 6.07) is 8.66. The maximum absolute atomic E-state index is 6.40. The number of benzene rings is 1. The molecule has 0 spiro atoms. The molecule has 0 amide bonds. The zero-order valence-corrected chi connectivity index (χ0v) is 15.8. The van der Waals surface area contributed by atoms with Crippen LogP contribution in [0.3, 0.4) is 0 Å². The van der Waals surface area contributed by atoms with Gasteiger partial charge in [-0.1, -0.05) is 12.1 Å². The van der Waals surface area contributed by atoms with Gasteiger partial charge in [0.1, 0.15) is 11.9 Å². The number of likely N-dealkylation sites (tertiary alicyclic amines) is 1. The number of rotatable bonds is 3. The van der Waals surface area contributed by atoms with Crippen LogP contribution < -0.4 is 4.74 Å². The lowest BCUT2D eigenvalue weighted by atomic mass is 9.77. The largest absolute Gasteiger partial charge is 0.471 e. The predicted molar refractivity (Wildman–Crippen MR) is 104 cm³/mol. The van der Waals surface area contributed by atoms with Crippen molar-refractivity contribution in [1.29, 1.82) is 0 Å². The van der Waals surface area contributed by atoms with Gasteiger partial charge in [-0.25, -0.2) is 9.97 Å². The molecule has 3 heterocycles. The average molecular weight is 363 g/mol. The summed E-state index contributed by atoms with van der Waals surface area (Å²) in [6.45, 7) is 4.43. The van der Waals surface area contributed by atoms with E-state index in [-0.39, 0.29) is 12.1 Å². The fourth-order valence-electron chi connectivity index (χ4n) is 5.11. The summed E-state index contributed by atoms with van der Waals surface area (Å²) in [6.07, 6.45) is 7.31. The van der Waals surface area contributed by atoms with Crippen LogP contribution in [0.1, 0.15) is 24.7 Å². The van der Waals surface area contributed by atoms with Gasteiger partial charge in [-0.2, -0.15) is 0 Å². The third-order valence-corrected chi connectivity index (χ3v) is 6.18. The quantitative estimate of drug-likeness (QED) is 0.716. The van der Waals surface area contributed by atoms with Crippen molar-refractivity contribution in [3.8, 4) is 5.88 Å². The van der Waals surface area contributed by atoms with E-state index in [4.69, 9.17) is 9.72 Å². The molecule has 1 aromatic carbocycles. The summed E-state index contributed by atoms with van der Waals surface area (Å²) in [5.74, 6) is 3.06. The highest BCUT2D eigenvalue weighted by Gasteiger charge is 2.44. The minimum Gasteiger partial charge on any atom is -0.471 e. The number of para-hydroxylation sites is 2. The maximum Gasteiger partial charge on any atom is 0.232 e. The van der Waals surface area contributed by atoms with E-state index in [0.717, 1.165) is 30.7 Å². The minimum absolute atomic E-state index is 0.0748. The Balaban J connectivity index is 1.54. The van der Waals surface area contributed by atoms with Gasteiger partial charge in [-0.05, 0) is 50.8 Å². The number of aromatic nitrogens is 4. The Kier molecular flexibility index (Phi) is 4.08. The molecule has 27 heavy (non-hydrogen) atoms. The first-order chi connectivity index (χ1) is 13.2. The van der Waals surface area contributed by atoms with Crippen molar-refractivity contribution in [3.63, 3.8) is 0 Å². The monoisotopic (exact) mass is 363 g/mol. The SMILES string of the molecule is Cc1nc2ccccc2n1[C@H]1C[C@H]2CN(C)C[C@H]2C[C@@H]1Oc1cnccn1. The Morgan fingerprint density at radius 3 is 2.70 bits per heavy atom. The van der Waals surface area contributed by atoms with E-state index in [1.165, 1.54) is 12.1 Å². The van der Waals surface area contributed by atoms with Crippen molar-refractivity contribution in [2.24, 2.45) is 11.8 Å². The van der Waals surface area contributed by atoms with E-state index in [1.807, 2.05) is 0 Å². The lowest BCUT2D eigenvalue weighted by Crippen LogP contribution is -2.40. The zero-order chi connectivity index (χ0) is 18.4. The third-order valence-electron chi connectivity index (χ3n) is 6.18. The van der Waals surface area contributed by atoms with Gasteiger partial charge in [0.05, 0.1) is 23.3 Å². The molecule has 140 valence electrons. The van der Waals surface area contributed by atoms with Crippen molar-refractivity contribution in [2.75, 3.05) is 20.1 Å². The van der Waals surface area contributed by atoms with Crippen molar-refractivity contribution in [2.45, 2.75) is 31.9 Å². The molecule has 0 unspecified atom stereocenters.